The van der Waals surface area contributed by atoms with Gasteiger partial charge in [0.1, 0.15) is 6.07 Å². The first-order chi connectivity index (χ1) is 7.79. The lowest BCUT2D eigenvalue weighted by atomic mass is 10.1. The van der Waals surface area contributed by atoms with Gasteiger partial charge in [-0.15, -0.1) is 0 Å². The standard InChI is InChI=1S/C13H12N2O/c1-10-2-3-12(7-14)13(6-10)15-8-11-4-5-16-9-11/h2-6,9,15H,8H2,1H3. The molecule has 3 nitrogen and oxygen atoms in total. The molecule has 0 aliphatic rings. The van der Waals surface area contributed by atoms with Crippen molar-refractivity contribution in [1.29, 1.82) is 5.26 Å². The van der Waals surface area contributed by atoms with Crippen LogP contribution in [0.4, 0.5) is 5.69 Å². The van der Waals surface area contributed by atoms with Crippen LogP contribution in [0.1, 0.15) is 16.7 Å². The zero-order chi connectivity index (χ0) is 11.4. The van der Waals surface area contributed by atoms with Crippen LogP contribution in [0.5, 0.6) is 0 Å². The van der Waals surface area contributed by atoms with Crippen LogP contribution in [0.3, 0.4) is 0 Å². The zero-order valence-corrected chi connectivity index (χ0v) is 9.03. The van der Waals surface area contributed by atoms with Gasteiger partial charge in [-0.2, -0.15) is 5.26 Å². The number of nitrogens with zero attached hydrogens (tertiary/aromatic N) is 1. The summed E-state index contributed by atoms with van der Waals surface area (Å²) in [4.78, 5) is 0. The van der Waals surface area contributed by atoms with Crippen molar-refractivity contribution in [3.63, 3.8) is 0 Å². The van der Waals surface area contributed by atoms with Crippen molar-refractivity contribution in [2.45, 2.75) is 13.5 Å². The second kappa shape index (κ2) is 4.54. The maximum atomic E-state index is 8.96. The molecule has 0 unspecified atom stereocenters. The van der Waals surface area contributed by atoms with E-state index >= 15 is 0 Å². The number of furan rings is 1. The molecule has 0 aliphatic carbocycles. The van der Waals surface area contributed by atoms with Crippen molar-refractivity contribution in [2.24, 2.45) is 0 Å². The van der Waals surface area contributed by atoms with Gasteiger partial charge in [0.05, 0.1) is 23.8 Å². The normalized spacial score (nSPS) is 9.75. The smallest absolute Gasteiger partial charge is 0.101 e. The molecule has 0 bridgehead atoms. The zero-order valence-electron chi connectivity index (χ0n) is 9.03. The molecule has 1 heterocycles. The predicted octanol–water partition coefficient (Wildman–Crippen LogP) is 3.07. The number of nitriles is 1. The third kappa shape index (κ3) is 2.23. The highest BCUT2D eigenvalue weighted by Crippen LogP contribution is 2.17. The summed E-state index contributed by atoms with van der Waals surface area (Å²) < 4.78 is 4.98. The summed E-state index contributed by atoms with van der Waals surface area (Å²) >= 11 is 0. The van der Waals surface area contributed by atoms with Gasteiger partial charge >= 0.3 is 0 Å². The predicted molar refractivity (Wildman–Crippen MR) is 61.9 cm³/mol. The summed E-state index contributed by atoms with van der Waals surface area (Å²) in [5.41, 5.74) is 3.72. The molecule has 1 N–H and O–H groups in total. The highest BCUT2D eigenvalue weighted by molar-refractivity contribution is 5.58. The molecule has 0 spiro atoms. The molecule has 0 saturated carbocycles. The fourth-order valence-electron chi connectivity index (χ4n) is 1.49. The maximum absolute atomic E-state index is 8.96. The average molecular weight is 212 g/mol. The van der Waals surface area contributed by atoms with Gasteiger partial charge in [0.2, 0.25) is 0 Å². The van der Waals surface area contributed by atoms with Gasteiger partial charge in [-0.25, -0.2) is 0 Å². The molecule has 3 heteroatoms. The Morgan fingerprint density at radius 1 is 1.38 bits per heavy atom. The van der Waals surface area contributed by atoms with Crippen LogP contribution in [0, 0.1) is 18.3 Å². The third-order valence-corrected chi connectivity index (χ3v) is 2.36. The summed E-state index contributed by atoms with van der Waals surface area (Å²) in [6.45, 7) is 2.67. The first-order valence-corrected chi connectivity index (χ1v) is 5.05. The summed E-state index contributed by atoms with van der Waals surface area (Å²) in [6, 6.07) is 9.79. The second-order valence-corrected chi connectivity index (χ2v) is 3.65. The summed E-state index contributed by atoms with van der Waals surface area (Å²) in [6.07, 6.45) is 3.33. The molecule has 16 heavy (non-hydrogen) atoms. The number of anilines is 1. The van der Waals surface area contributed by atoms with Gasteiger partial charge in [0, 0.05) is 12.1 Å². The number of rotatable bonds is 3. The lowest BCUT2D eigenvalue weighted by molar-refractivity contribution is 0.564. The minimum absolute atomic E-state index is 0.661. The molecular weight excluding hydrogens is 200 g/mol. The lowest BCUT2D eigenvalue weighted by Gasteiger charge is -2.07. The van der Waals surface area contributed by atoms with Crippen LogP contribution in [-0.2, 0) is 6.54 Å². The summed E-state index contributed by atoms with van der Waals surface area (Å²) in [5.74, 6) is 0. The van der Waals surface area contributed by atoms with Gasteiger partial charge in [0.25, 0.3) is 0 Å². The van der Waals surface area contributed by atoms with Crippen LogP contribution < -0.4 is 5.32 Å². The van der Waals surface area contributed by atoms with E-state index in [4.69, 9.17) is 9.68 Å². The molecule has 0 atom stereocenters. The topological polar surface area (TPSA) is 49.0 Å². The first kappa shape index (κ1) is 10.3. The van der Waals surface area contributed by atoms with Gasteiger partial charge in [-0.1, -0.05) is 6.07 Å². The molecule has 0 amide bonds. The van der Waals surface area contributed by atoms with Gasteiger partial charge in [-0.3, -0.25) is 0 Å². The van der Waals surface area contributed by atoms with E-state index < -0.39 is 0 Å². The van der Waals surface area contributed by atoms with Crippen LogP contribution in [-0.4, -0.2) is 0 Å². The first-order valence-electron chi connectivity index (χ1n) is 5.05. The Morgan fingerprint density at radius 3 is 2.94 bits per heavy atom. The third-order valence-electron chi connectivity index (χ3n) is 2.36. The molecule has 2 rings (SSSR count). The van der Waals surface area contributed by atoms with Gasteiger partial charge in [0.15, 0.2) is 0 Å². The SMILES string of the molecule is Cc1ccc(C#N)c(NCc2ccoc2)c1. The van der Waals surface area contributed by atoms with Gasteiger partial charge in [-0.05, 0) is 30.7 Å². The van der Waals surface area contributed by atoms with Crippen LogP contribution >= 0.6 is 0 Å². The Kier molecular flexibility index (Phi) is 2.93. The Bertz CT molecular complexity index is 509. The number of aryl methyl sites for hydroxylation is 1. The van der Waals surface area contributed by atoms with E-state index in [1.54, 1.807) is 12.5 Å². The van der Waals surface area contributed by atoms with E-state index in [1.807, 2.05) is 31.2 Å². The molecule has 2 aromatic rings. The van der Waals surface area contributed by atoms with Crippen molar-refractivity contribution >= 4 is 5.69 Å². The number of benzene rings is 1. The van der Waals surface area contributed by atoms with E-state index in [9.17, 15) is 0 Å². The molecule has 80 valence electrons. The van der Waals surface area contributed by atoms with Gasteiger partial charge < -0.3 is 9.73 Å². The minimum Gasteiger partial charge on any atom is -0.472 e. The quantitative estimate of drug-likeness (QED) is 0.850. The highest BCUT2D eigenvalue weighted by Gasteiger charge is 2.02. The lowest BCUT2D eigenvalue weighted by Crippen LogP contribution is -2.00. The van der Waals surface area contributed by atoms with Crippen molar-refractivity contribution < 1.29 is 4.42 Å². The molecular formula is C13H12N2O. The fourth-order valence-corrected chi connectivity index (χ4v) is 1.49. The molecule has 0 fully saturated rings. The van der Waals surface area contributed by atoms with Crippen molar-refractivity contribution in [1.82, 2.24) is 0 Å². The van der Waals surface area contributed by atoms with Crippen LogP contribution in [0.15, 0.2) is 41.2 Å². The molecule has 1 aromatic carbocycles. The Morgan fingerprint density at radius 2 is 2.25 bits per heavy atom. The average Bonchev–Trinajstić information content (AvgIpc) is 2.79. The fraction of sp³-hybridized carbons (Fsp3) is 0.154. The Balaban J connectivity index is 2.15. The monoisotopic (exact) mass is 212 g/mol. The van der Waals surface area contributed by atoms with E-state index in [0.29, 0.717) is 12.1 Å². The molecule has 0 aliphatic heterocycles. The van der Waals surface area contributed by atoms with E-state index in [1.165, 1.54) is 0 Å². The van der Waals surface area contributed by atoms with Crippen molar-refractivity contribution in [3.8, 4) is 6.07 Å². The maximum Gasteiger partial charge on any atom is 0.101 e. The Labute approximate surface area is 94.3 Å². The van der Waals surface area contributed by atoms with Crippen molar-refractivity contribution in [3.05, 3.63) is 53.5 Å². The highest BCUT2D eigenvalue weighted by atomic mass is 16.3. The van der Waals surface area contributed by atoms with Crippen LogP contribution in [0.25, 0.3) is 0 Å². The number of nitrogens with one attached hydrogen (secondary N) is 1. The van der Waals surface area contributed by atoms with E-state index in [2.05, 4.69) is 11.4 Å². The number of hydrogen-bond acceptors (Lipinski definition) is 3. The van der Waals surface area contributed by atoms with Crippen LogP contribution in [0.2, 0.25) is 0 Å². The molecule has 1 aromatic heterocycles. The minimum atomic E-state index is 0.661. The van der Waals surface area contributed by atoms with Crippen molar-refractivity contribution in [2.75, 3.05) is 5.32 Å². The number of hydrogen-bond donors (Lipinski definition) is 1. The second-order valence-electron chi connectivity index (χ2n) is 3.65. The summed E-state index contributed by atoms with van der Waals surface area (Å²) in [5, 5.41) is 12.2. The van der Waals surface area contributed by atoms with E-state index in [0.717, 1.165) is 16.8 Å². The largest absolute Gasteiger partial charge is 0.472 e. The molecule has 0 saturated heterocycles. The molecule has 0 radical (unpaired) electrons. The summed E-state index contributed by atoms with van der Waals surface area (Å²) in [7, 11) is 0. The van der Waals surface area contributed by atoms with E-state index in [-0.39, 0.29) is 0 Å². The Hall–Kier alpha value is -2.21.